The Labute approximate surface area is 147 Å². The Balaban J connectivity index is 1.77. The van der Waals surface area contributed by atoms with Gasteiger partial charge in [-0.2, -0.15) is 0 Å². The molecular formula is C20H22N2O3. The third-order valence-electron chi connectivity index (χ3n) is 4.61. The summed E-state index contributed by atoms with van der Waals surface area (Å²) in [6.07, 6.45) is 1.20. The molecule has 5 nitrogen and oxygen atoms in total. The number of benzene rings is 2. The molecule has 0 aliphatic heterocycles. The Morgan fingerprint density at radius 1 is 1.00 bits per heavy atom. The van der Waals surface area contributed by atoms with Crippen LogP contribution < -0.4 is 10.6 Å². The number of anilines is 2. The lowest BCUT2D eigenvalue weighted by atomic mass is 9.95. The van der Waals surface area contributed by atoms with Gasteiger partial charge in [0.1, 0.15) is 0 Å². The molecule has 1 aliphatic carbocycles. The number of ether oxygens (including phenoxy) is 1. The van der Waals surface area contributed by atoms with E-state index in [0.717, 1.165) is 24.0 Å². The highest BCUT2D eigenvalue weighted by Gasteiger charge is 2.51. The van der Waals surface area contributed by atoms with E-state index in [9.17, 15) is 9.59 Å². The van der Waals surface area contributed by atoms with Gasteiger partial charge in [0.25, 0.3) is 0 Å². The average molecular weight is 338 g/mol. The highest BCUT2D eigenvalue weighted by molar-refractivity contribution is 6.02. The lowest BCUT2D eigenvalue weighted by Crippen LogP contribution is -2.28. The molecule has 0 aromatic heterocycles. The second kappa shape index (κ2) is 6.97. The quantitative estimate of drug-likeness (QED) is 0.857. The molecule has 0 heterocycles. The van der Waals surface area contributed by atoms with Crippen molar-refractivity contribution in [2.45, 2.75) is 32.1 Å². The van der Waals surface area contributed by atoms with Gasteiger partial charge >= 0.3 is 6.09 Å². The van der Waals surface area contributed by atoms with Gasteiger partial charge in [0.15, 0.2) is 0 Å². The molecule has 0 atom stereocenters. The smallest absolute Gasteiger partial charge is 0.411 e. The number of hydrogen-bond acceptors (Lipinski definition) is 3. The van der Waals surface area contributed by atoms with E-state index in [0.29, 0.717) is 18.0 Å². The summed E-state index contributed by atoms with van der Waals surface area (Å²) in [5, 5.41) is 5.72. The Morgan fingerprint density at radius 2 is 1.64 bits per heavy atom. The van der Waals surface area contributed by atoms with Crippen LogP contribution in [-0.4, -0.2) is 18.6 Å². The van der Waals surface area contributed by atoms with E-state index in [-0.39, 0.29) is 5.91 Å². The minimum atomic E-state index is -0.503. The van der Waals surface area contributed by atoms with Crippen LogP contribution in [0.25, 0.3) is 0 Å². The van der Waals surface area contributed by atoms with E-state index >= 15 is 0 Å². The third-order valence-corrected chi connectivity index (χ3v) is 4.61. The van der Waals surface area contributed by atoms with Crippen molar-refractivity contribution in [2.24, 2.45) is 0 Å². The molecule has 2 aromatic rings. The summed E-state index contributed by atoms with van der Waals surface area (Å²) in [6, 6.07) is 15.3. The van der Waals surface area contributed by atoms with Gasteiger partial charge in [0, 0.05) is 11.4 Å². The maximum Gasteiger partial charge on any atom is 0.411 e. The lowest BCUT2D eigenvalue weighted by Gasteiger charge is -2.18. The molecule has 0 saturated heterocycles. The lowest BCUT2D eigenvalue weighted by molar-refractivity contribution is -0.118. The summed E-state index contributed by atoms with van der Waals surface area (Å²) in [5.74, 6) is -0.00455. The van der Waals surface area contributed by atoms with E-state index in [1.807, 2.05) is 43.3 Å². The average Bonchev–Trinajstić information content (AvgIpc) is 3.41. The first-order chi connectivity index (χ1) is 12.1. The van der Waals surface area contributed by atoms with Crippen molar-refractivity contribution in [1.29, 1.82) is 0 Å². The Hall–Kier alpha value is -2.82. The predicted molar refractivity (Wildman–Crippen MR) is 97.8 cm³/mol. The van der Waals surface area contributed by atoms with Gasteiger partial charge in [0.2, 0.25) is 5.91 Å². The van der Waals surface area contributed by atoms with Crippen molar-refractivity contribution in [3.05, 3.63) is 59.7 Å². The molecule has 130 valence electrons. The van der Waals surface area contributed by atoms with Crippen molar-refractivity contribution in [3.63, 3.8) is 0 Å². The molecule has 0 spiro atoms. The first-order valence-electron chi connectivity index (χ1n) is 8.47. The molecule has 1 aliphatic rings. The Morgan fingerprint density at radius 3 is 2.24 bits per heavy atom. The van der Waals surface area contributed by atoms with E-state index < -0.39 is 11.5 Å². The number of carbonyl (C=O) groups excluding carboxylic acids is 2. The largest absolute Gasteiger partial charge is 0.450 e. The van der Waals surface area contributed by atoms with E-state index in [1.54, 1.807) is 19.1 Å². The summed E-state index contributed by atoms with van der Waals surface area (Å²) in [5.41, 5.74) is 2.74. The summed E-state index contributed by atoms with van der Waals surface area (Å²) in [6.45, 7) is 3.92. The minimum absolute atomic E-state index is 0.00455. The van der Waals surface area contributed by atoms with Crippen LogP contribution in [0.2, 0.25) is 0 Å². The molecule has 2 amide bonds. The van der Waals surface area contributed by atoms with Crippen molar-refractivity contribution in [1.82, 2.24) is 0 Å². The Kier molecular flexibility index (Phi) is 4.74. The number of hydrogen-bond donors (Lipinski definition) is 2. The molecule has 0 radical (unpaired) electrons. The maximum atomic E-state index is 12.9. The number of rotatable bonds is 5. The first kappa shape index (κ1) is 17.0. The fourth-order valence-corrected chi connectivity index (χ4v) is 2.95. The van der Waals surface area contributed by atoms with Crippen molar-refractivity contribution in [2.75, 3.05) is 17.2 Å². The van der Waals surface area contributed by atoms with Crippen molar-refractivity contribution < 1.29 is 14.3 Å². The highest BCUT2D eigenvalue weighted by atomic mass is 16.5. The molecular weight excluding hydrogens is 316 g/mol. The second-order valence-electron chi connectivity index (χ2n) is 6.23. The van der Waals surface area contributed by atoms with Gasteiger partial charge in [0.05, 0.1) is 12.0 Å². The van der Waals surface area contributed by atoms with Crippen LogP contribution in [0.15, 0.2) is 48.5 Å². The fourth-order valence-electron chi connectivity index (χ4n) is 2.95. The van der Waals surface area contributed by atoms with Crippen LogP contribution in [-0.2, 0) is 14.9 Å². The third kappa shape index (κ3) is 3.50. The van der Waals surface area contributed by atoms with Crippen LogP contribution in [0.5, 0.6) is 0 Å². The molecule has 0 unspecified atom stereocenters. The van der Waals surface area contributed by atoms with Gasteiger partial charge in [-0.25, -0.2) is 4.79 Å². The standard InChI is InChI=1S/C20H22N2O3/c1-3-25-19(24)22-17-11-7-10-16(14(17)2)21-18(23)20(12-13-20)15-8-5-4-6-9-15/h4-11H,3,12-13H2,1-2H3,(H,21,23)(H,22,24). The second-order valence-corrected chi connectivity index (χ2v) is 6.23. The van der Waals surface area contributed by atoms with Crippen LogP contribution in [0.3, 0.4) is 0 Å². The van der Waals surface area contributed by atoms with Gasteiger partial charge in [-0.1, -0.05) is 36.4 Å². The zero-order valence-corrected chi connectivity index (χ0v) is 14.5. The van der Waals surface area contributed by atoms with Crippen LogP contribution in [0.4, 0.5) is 16.2 Å². The normalized spacial score (nSPS) is 14.5. The van der Waals surface area contributed by atoms with Crippen molar-refractivity contribution in [3.8, 4) is 0 Å². The van der Waals surface area contributed by atoms with Gasteiger partial charge in [-0.3, -0.25) is 10.1 Å². The van der Waals surface area contributed by atoms with E-state index in [1.165, 1.54) is 0 Å². The van der Waals surface area contributed by atoms with E-state index in [2.05, 4.69) is 10.6 Å². The monoisotopic (exact) mass is 338 g/mol. The molecule has 2 aromatic carbocycles. The summed E-state index contributed by atoms with van der Waals surface area (Å²) in [4.78, 5) is 24.5. The van der Waals surface area contributed by atoms with Crippen LogP contribution >= 0.6 is 0 Å². The first-order valence-corrected chi connectivity index (χ1v) is 8.47. The summed E-state index contributed by atoms with van der Waals surface area (Å²) >= 11 is 0. The molecule has 2 N–H and O–H groups in total. The molecule has 25 heavy (non-hydrogen) atoms. The zero-order chi connectivity index (χ0) is 17.9. The number of carbonyl (C=O) groups is 2. The van der Waals surface area contributed by atoms with Gasteiger partial charge < -0.3 is 10.1 Å². The van der Waals surface area contributed by atoms with E-state index in [4.69, 9.17) is 4.74 Å². The van der Waals surface area contributed by atoms with Gasteiger partial charge in [-0.05, 0) is 49.9 Å². The highest BCUT2D eigenvalue weighted by Crippen LogP contribution is 2.49. The Bertz CT molecular complexity index is 783. The molecule has 1 saturated carbocycles. The zero-order valence-electron chi connectivity index (χ0n) is 14.5. The SMILES string of the molecule is CCOC(=O)Nc1cccc(NC(=O)C2(c3ccccc3)CC2)c1C. The van der Waals surface area contributed by atoms with Crippen molar-refractivity contribution >= 4 is 23.4 Å². The summed E-state index contributed by atoms with van der Waals surface area (Å²) < 4.78 is 4.91. The number of nitrogens with one attached hydrogen (secondary N) is 2. The van der Waals surface area contributed by atoms with Gasteiger partial charge in [-0.15, -0.1) is 0 Å². The predicted octanol–water partition coefficient (Wildman–Crippen LogP) is 4.23. The molecule has 0 bridgehead atoms. The minimum Gasteiger partial charge on any atom is -0.450 e. The fraction of sp³-hybridized carbons (Fsp3) is 0.300. The van der Waals surface area contributed by atoms with Crippen LogP contribution in [0, 0.1) is 6.92 Å². The topological polar surface area (TPSA) is 67.4 Å². The molecule has 3 rings (SSSR count). The van der Waals surface area contributed by atoms with Crippen LogP contribution in [0.1, 0.15) is 30.9 Å². The number of amides is 2. The summed E-state index contributed by atoms with van der Waals surface area (Å²) in [7, 11) is 0. The maximum absolute atomic E-state index is 12.9. The molecule has 5 heteroatoms. The molecule has 1 fully saturated rings.